The Bertz CT molecular complexity index is 852. The largest absolute Gasteiger partial charge is 0.493 e. The molecule has 3 rings (SSSR count). The third-order valence-electron chi connectivity index (χ3n) is 4.15. The molecule has 0 fully saturated rings. The Morgan fingerprint density at radius 1 is 1.20 bits per heavy atom. The maximum Gasteiger partial charge on any atom is 0.244 e. The van der Waals surface area contributed by atoms with Crippen LogP contribution < -0.4 is 14.2 Å². The molecule has 0 aromatic heterocycles. The van der Waals surface area contributed by atoms with Crippen LogP contribution in [0.15, 0.2) is 53.4 Å². The van der Waals surface area contributed by atoms with Crippen molar-refractivity contribution in [3.8, 4) is 11.5 Å². The quantitative estimate of drug-likeness (QED) is 0.820. The average molecular weight is 363 g/mol. The Balaban J connectivity index is 1.84. The van der Waals surface area contributed by atoms with Gasteiger partial charge in [0.05, 0.1) is 13.2 Å². The zero-order chi connectivity index (χ0) is 17.9. The molecule has 134 valence electrons. The molecule has 0 aliphatic carbocycles. The summed E-state index contributed by atoms with van der Waals surface area (Å²) in [4.78, 5) is 0.0563. The summed E-state index contributed by atoms with van der Waals surface area (Å²) in [5.41, 5.74) is -0.732. The molecule has 25 heavy (non-hydrogen) atoms. The van der Waals surface area contributed by atoms with Gasteiger partial charge in [-0.15, -0.1) is 0 Å². The molecule has 6 nitrogen and oxygen atoms in total. The summed E-state index contributed by atoms with van der Waals surface area (Å²) < 4.78 is 38.8. The summed E-state index contributed by atoms with van der Waals surface area (Å²) in [6.07, 6.45) is 0.305. The van der Waals surface area contributed by atoms with E-state index in [1.165, 1.54) is 6.07 Å². The van der Waals surface area contributed by atoms with Gasteiger partial charge in [0.15, 0.2) is 0 Å². The Morgan fingerprint density at radius 2 is 1.92 bits per heavy atom. The minimum absolute atomic E-state index is 0.0563. The Kier molecular flexibility index (Phi) is 4.99. The summed E-state index contributed by atoms with van der Waals surface area (Å²) >= 11 is 0. The molecule has 7 heteroatoms. The first kappa shape index (κ1) is 17.7. The number of hydrogen-bond acceptors (Lipinski definition) is 5. The normalized spacial score (nSPS) is 19.8. The van der Waals surface area contributed by atoms with Crippen molar-refractivity contribution in [2.24, 2.45) is 0 Å². The van der Waals surface area contributed by atoms with E-state index in [0.717, 1.165) is 0 Å². The van der Waals surface area contributed by atoms with Crippen molar-refractivity contribution in [1.29, 1.82) is 0 Å². The first-order chi connectivity index (χ1) is 12.0. The highest BCUT2D eigenvalue weighted by atomic mass is 32.2. The van der Waals surface area contributed by atoms with Crippen LogP contribution in [0.5, 0.6) is 11.5 Å². The fourth-order valence-electron chi connectivity index (χ4n) is 2.86. The third kappa shape index (κ3) is 3.63. The van der Waals surface area contributed by atoms with Gasteiger partial charge in [0.2, 0.25) is 10.0 Å². The van der Waals surface area contributed by atoms with Crippen LogP contribution in [0.25, 0.3) is 0 Å². The van der Waals surface area contributed by atoms with Gasteiger partial charge in [-0.05, 0) is 25.1 Å². The molecular formula is C18H21NO5S. The van der Waals surface area contributed by atoms with E-state index in [9.17, 15) is 13.5 Å². The fourth-order valence-corrected chi connectivity index (χ4v) is 4.10. The number of rotatable bonds is 6. The van der Waals surface area contributed by atoms with Crippen molar-refractivity contribution >= 4 is 10.0 Å². The second-order valence-electron chi connectivity index (χ2n) is 5.83. The van der Waals surface area contributed by atoms with E-state index in [0.29, 0.717) is 30.9 Å². The van der Waals surface area contributed by atoms with Crippen molar-refractivity contribution < 1.29 is 23.0 Å². The molecule has 0 radical (unpaired) electrons. The molecule has 0 spiro atoms. The predicted molar refractivity (Wildman–Crippen MR) is 93.3 cm³/mol. The first-order valence-electron chi connectivity index (χ1n) is 8.12. The number of ether oxygens (including phenoxy) is 2. The highest BCUT2D eigenvalue weighted by Gasteiger charge is 2.37. The van der Waals surface area contributed by atoms with Gasteiger partial charge in [-0.2, -0.15) is 0 Å². The highest BCUT2D eigenvalue weighted by molar-refractivity contribution is 7.89. The van der Waals surface area contributed by atoms with Gasteiger partial charge in [0, 0.05) is 18.5 Å². The molecule has 1 aliphatic heterocycles. The molecule has 1 aliphatic rings. The van der Waals surface area contributed by atoms with Gasteiger partial charge in [-0.1, -0.05) is 30.3 Å². The van der Waals surface area contributed by atoms with Gasteiger partial charge in [-0.25, -0.2) is 13.1 Å². The van der Waals surface area contributed by atoms with E-state index in [1.807, 2.05) is 6.07 Å². The van der Waals surface area contributed by atoms with Gasteiger partial charge in [0.1, 0.15) is 22.0 Å². The van der Waals surface area contributed by atoms with Crippen LogP contribution >= 0.6 is 0 Å². The van der Waals surface area contributed by atoms with E-state index in [1.54, 1.807) is 43.3 Å². The minimum Gasteiger partial charge on any atom is -0.493 e. The topological polar surface area (TPSA) is 84.9 Å². The van der Waals surface area contributed by atoms with Crippen molar-refractivity contribution in [3.05, 3.63) is 54.1 Å². The van der Waals surface area contributed by atoms with Crippen LogP contribution in [-0.4, -0.2) is 33.3 Å². The number of benzene rings is 2. The maximum atomic E-state index is 12.7. The molecule has 1 atom stereocenters. The highest BCUT2D eigenvalue weighted by Crippen LogP contribution is 2.36. The van der Waals surface area contributed by atoms with Crippen LogP contribution in [0.2, 0.25) is 0 Å². The van der Waals surface area contributed by atoms with E-state index in [4.69, 9.17) is 9.47 Å². The van der Waals surface area contributed by atoms with Crippen LogP contribution in [0.3, 0.4) is 0 Å². The van der Waals surface area contributed by atoms with Crippen molar-refractivity contribution in [2.75, 3.05) is 19.8 Å². The van der Waals surface area contributed by atoms with E-state index >= 15 is 0 Å². The summed E-state index contributed by atoms with van der Waals surface area (Å²) in [6, 6.07) is 13.5. The molecule has 0 saturated heterocycles. The molecule has 1 heterocycles. The molecular weight excluding hydrogens is 342 g/mol. The molecule has 0 bridgehead atoms. The van der Waals surface area contributed by atoms with Gasteiger partial charge >= 0.3 is 0 Å². The van der Waals surface area contributed by atoms with Crippen molar-refractivity contribution in [2.45, 2.75) is 23.8 Å². The number of fused-ring (bicyclic) bond motifs is 1. The van der Waals surface area contributed by atoms with Crippen LogP contribution in [0.4, 0.5) is 0 Å². The first-order valence-corrected chi connectivity index (χ1v) is 9.61. The average Bonchev–Trinajstić information content (AvgIpc) is 2.61. The third-order valence-corrected chi connectivity index (χ3v) is 5.60. The smallest absolute Gasteiger partial charge is 0.244 e. The SMILES string of the molecule is CCOc1ccccc1S(=O)(=O)NCC1(O)CCOc2ccccc21. The molecule has 0 saturated carbocycles. The zero-order valence-electron chi connectivity index (χ0n) is 13.9. The van der Waals surface area contributed by atoms with Crippen LogP contribution in [0, 0.1) is 0 Å². The lowest BCUT2D eigenvalue weighted by atomic mass is 9.88. The second-order valence-corrected chi connectivity index (χ2v) is 7.57. The van der Waals surface area contributed by atoms with Gasteiger partial charge < -0.3 is 14.6 Å². The lowest BCUT2D eigenvalue weighted by Gasteiger charge is -2.34. The number of para-hydroxylation sites is 2. The monoisotopic (exact) mass is 363 g/mol. The minimum atomic E-state index is -3.83. The standard InChI is InChI=1S/C18H21NO5S/c1-2-23-16-9-5-6-10-17(16)25(21,22)19-13-18(20)11-12-24-15-8-4-3-7-14(15)18/h3-10,19-20H,2,11-13H2,1H3. The summed E-state index contributed by atoms with van der Waals surface area (Å²) in [5.74, 6) is 0.863. The molecule has 2 aromatic carbocycles. The van der Waals surface area contributed by atoms with Crippen LogP contribution in [0.1, 0.15) is 18.9 Å². The number of aliphatic hydroxyl groups is 1. The Hall–Kier alpha value is -2.09. The Labute approximate surface area is 147 Å². The zero-order valence-corrected chi connectivity index (χ0v) is 14.8. The van der Waals surface area contributed by atoms with E-state index < -0.39 is 15.6 Å². The lowest BCUT2D eigenvalue weighted by Crippen LogP contribution is -2.43. The lowest BCUT2D eigenvalue weighted by molar-refractivity contribution is 0.00218. The maximum absolute atomic E-state index is 12.7. The van der Waals surface area contributed by atoms with Gasteiger partial charge in [0.25, 0.3) is 0 Å². The summed E-state index contributed by atoms with van der Waals surface area (Å²) in [6.45, 7) is 2.33. The molecule has 2 N–H and O–H groups in total. The summed E-state index contributed by atoms with van der Waals surface area (Å²) in [5, 5.41) is 11.0. The van der Waals surface area contributed by atoms with E-state index in [-0.39, 0.29) is 17.2 Å². The Morgan fingerprint density at radius 3 is 2.72 bits per heavy atom. The molecule has 0 amide bonds. The molecule has 1 unspecified atom stereocenters. The van der Waals surface area contributed by atoms with Crippen LogP contribution in [-0.2, 0) is 15.6 Å². The predicted octanol–water partition coefficient (Wildman–Crippen LogP) is 2.03. The number of sulfonamides is 1. The fraction of sp³-hybridized carbons (Fsp3) is 0.333. The number of nitrogens with one attached hydrogen (secondary N) is 1. The van der Waals surface area contributed by atoms with Crippen molar-refractivity contribution in [3.63, 3.8) is 0 Å². The number of hydrogen-bond donors (Lipinski definition) is 2. The van der Waals surface area contributed by atoms with E-state index in [2.05, 4.69) is 4.72 Å². The summed E-state index contributed by atoms with van der Waals surface area (Å²) in [7, 11) is -3.83. The van der Waals surface area contributed by atoms with Crippen molar-refractivity contribution in [1.82, 2.24) is 4.72 Å². The molecule has 2 aromatic rings. The second kappa shape index (κ2) is 7.03. The van der Waals surface area contributed by atoms with Gasteiger partial charge in [-0.3, -0.25) is 0 Å².